The van der Waals surface area contributed by atoms with Gasteiger partial charge in [0, 0.05) is 23.7 Å². The normalized spacial score (nSPS) is 10.3. The summed E-state index contributed by atoms with van der Waals surface area (Å²) in [6.45, 7) is 1.41. The third-order valence-electron chi connectivity index (χ3n) is 2.95. The molecule has 0 unspecified atom stereocenters. The number of para-hydroxylation sites is 1. The minimum absolute atomic E-state index is 0.197. The minimum Gasteiger partial charge on any atom is -0.496 e. The van der Waals surface area contributed by atoms with Crippen molar-refractivity contribution < 1.29 is 14.3 Å². The highest BCUT2D eigenvalue weighted by Crippen LogP contribution is 2.14. The van der Waals surface area contributed by atoms with Crippen molar-refractivity contribution in [1.82, 2.24) is 5.43 Å². The first-order chi connectivity index (χ1) is 11.1. The largest absolute Gasteiger partial charge is 0.496 e. The summed E-state index contributed by atoms with van der Waals surface area (Å²) in [6, 6.07) is 13.9. The van der Waals surface area contributed by atoms with Gasteiger partial charge in [0.25, 0.3) is 5.91 Å². The van der Waals surface area contributed by atoms with Crippen molar-refractivity contribution in [2.45, 2.75) is 6.92 Å². The van der Waals surface area contributed by atoms with E-state index in [0.717, 1.165) is 5.56 Å². The Kier molecular flexibility index (Phi) is 5.46. The van der Waals surface area contributed by atoms with Crippen molar-refractivity contribution in [1.29, 1.82) is 0 Å². The maximum atomic E-state index is 12.1. The first-order valence-electron chi connectivity index (χ1n) is 6.94. The lowest BCUT2D eigenvalue weighted by molar-refractivity contribution is -0.114. The van der Waals surface area contributed by atoms with Gasteiger partial charge in [-0.1, -0.05) is 18.2 Å². The van der Waals surface area contributed by atoms with Gasteiger partial charge in [0.05, 0.1) is 13.3 Å². The highest BCUT2D eigenvalue weighted by atomic mass is 16.5. The number of methoxy groups -OCH3 is 1. The summed E-state index contributed by atoms with van der Waals surface area (Å²) in [5, 5.41) is 6.55. The van der Waals surface area contributed by atoms with Gasteiger partial charge in [-0.3, -0.25) is 9.59 Å². The lowest BCUT2D eigenvalue weighted by atomic mass is 10.2. The Morgan fingerprint density at radius 2 is 1.91 bits per heavy atom. The number of rotatable bonds is 5. The standard InChI is InChI=1S/C17H17N3O3/c1-12(21)19-15-8-5-7-13(10-15)17(22)20-18-11-14-6-3-4-9-16(14)23-2/h3-11H,1-2H3,(H,19,21)(H,20,22)/b18-11+. The highest BCUT2D eigenvalue weighted by molar-refractivity contribution is 5.97. The Hall–Kier alpha value is -3.15. The van der Waals surface area contributed by atoms with Gasteiger partial charge in [0.2, 0.25) is 5.91 Å². The predicted molar refractivity (Wildman–Crippen MR) is 88.8 cm³/mol. The summed E-state index contributed by atoms with van der Waals surface area (Å²) in [6.07, 6.45) is 1.51. The second-order valence-electron chi connectivity index (χ2n) is 4.70. The van der Waals surface area contributed by atoms with Crippen molar-refractivity contribution in [2.75, 3.05) is 12.4 Å². The third-order valence-corrected chi connectivity index (χ3v) is 2.95. The van der Waals surface area contributed by atoms with Crippen molar-refractivity contribution >= 4 is 23.7 Å². The van der Waals surface area contributed by atoms with Crippen LogP contribution in [0.5, 0.6) is 5.75 Å². The van der Waals surface area contributed by atoms with Gasteiger partial charge in [0.1, 0.15) is 5.75 Å². The molecule has 6 heteroatoms. The van der Waals surface area contributed by atoms with E-state index in [1.54, 1.807) is 37.4 Å². The molecule has 0 saturated heterocycles. The first-order valence-corrected chi connectivity index (χ1v) is 6.94. The maximum absolute atomic E-state index is 12.1. The average Bonchev–Trinajstić information content (AvgIpc) is 2.55. The van der Waals surface area contributed by atoms with E-state index in [-0.39, 0.29) is 11.8 Å². The average molecular weight is 311 g/mol. The molecule has 0 atom stereocenters. The second kappa shape index (κ2) is 7.74. The Bertz CT molecular complexity index is 741. The van der Waals surface area contributed by atoms with Crippen LogP contribution in [0.3, 0.4) is 0 Å². The Morgan fingerprint density at radius 1 is 1.13 bits per heavy atom. The van der Waals surface area contributed by atoms with E-state index < -0.39 is 0 Å². The highest BCUT2D eigenvalue weighted by Gasteiger charge is 2.06. The van der Waals surface area contributed by atoms with Crippen LogP contribution in [0.4, 0.5) is 5.69 Å². The summed E-state index contributed by atoms with van der Waals surface area (Å²) in [4.78, 5) is 23.1. The molecule has 2 amide bonds. The summed E-state index contributed by atoms with van der Waals surface area (Å²) in [5.74, 6) is 0.0956. The molecule has 0 fully saturated rings. The van der Waals surface area contributed by atoms with Crippen molar-refractivity contribution in [3.05, 3.63) is 59.7 Å². The molecule has 0 aliphatic rings. The molecule has 2 aromatic carbocycles. The second-order valence-corrected chi connectivity index (χ2v) is 4.70. The first kappa shape index (κ1) is 16.2. The van der Waals surface area contributed by atoms with Crippen molar-refractivity contribution in [3.63, 3.8) is 0 Å². The van der Waals surface area contributed by atoms with E-state index in [9.17, 15) is 9.59 Å². The van der Waals surface area contributed by atoms with Crippen molar-refractivity contribution in [3.8, 4) is 5.75 Å². The number of amides is 2. The van der Waals surface area contributed by atoms with Gasteiger partial charge in [-0.2, -0.15) is 5.10 Å². The molecule has 0 aliphatic carbocycles. The molecule has 2 rings (SSSR count). The quantitative estimate of drug-likeness (QED) is 0.657. The van der Waals surface area contributed by atoms with E-state index in [2.05, 4.69) is 15.8 Å². The fraction of sp³-hybridized carbons (Fsp3) is 0.118. The molecule has 0 aromatic heterocycles. The predicted octanol–water partition coefficient (Wildman–Crippen LogP) is 2.42. The third kappa shape index (κ3) is 4.67. The molecule has 0 saturated carbocycles. The van der Waals surface area contributed by atoms with E-state index in [4.69, 9.17) is 4.74 Å². The van der Waals surface area contributed by atoms with Gasteiger partial charge in [0.15, 0.2) is 0 Å². The fourth-order valence-corrected chi connectivity index (χ4v) is 1.94. The topological polar surface area (TPSA) is 79.8 Å². The minimum atomic E-state index is -0.372. The Morgan fingerprint density at radius 3 is 2.65 bits per heavy atom. The molecule has 0 radical (unpaired) electrons. The molecular formula is C17H17N3O3. The van der Waals surface area contributed by atoms with Crippen molar-refractivity contribution in [2.24, 2.45) is 5.10 Å². The Balaban J connectivity index is 2.04. The monoisotopic (exact) mass is 311 g/mol. The molecule has 118 valence electrons. The van der Waals surface area contributed by atoms with Crippen LogP contribution in [0, 0.1) is 0 Å². The van der Waals surface area contributed by atoms with Gasteiger partial charge >= 0.3 is 0 Å². The summed E-state index contributed by atoms with van der Waals surface area (Å²) >= 11 is 0. The number of hydrogen-bond acceptors (Lipinski definition) is 4. The lowest BCUT2D eigenvalue weighted by Gasteiger charge is -2.05. The van der Waals surface area contributed by atoms with Crippen LogP contribution in [0.25, 0.3) is 0 Å². The van der Waals surface area contributed by atoms with E-state index in [1.165, 1.54) is 13.1 Å². The molecule has 2 N–H and O–H groups in total. The summed E-state index contributed by atoms with van der Waals surface area (Å²) in [7, 11) is 1.57. The van der Waals surface area contributed by atoms with Crippen LogP contribution in [0.15, 0.2) is 53.6 Å². The number of ether oxygens (including phenoxy) is 1. The number of nitrogens with zero attached hydrogens (tertiary/aromatic N) is 1. The lowest BCUT2D eigenvalue weighted by Crippen LogP contribution is -2.18. The summed E-state index contributed by atoms with van der Waals surface area (Å²) < 4.78 is 5.20. The number of hydrazone groups is 1. The van der Waals surface area contributed by atoms with Gasteiger partial charge in [-0.05, 0) is 30.3 Å². The zero-order valence-corrected chi connectivity index (χ0v) is 12.9. The Labute approximate surface area is 134 Å². The SMILES string of the molecule is COc1ccccc1/C=N/NC(=O)c1cccc(NC(C)=O)c1. The number of carbonyl (C=O) groups excluding carboxylic acids is 2. The number of anilines is 1. The number of carbonyl (C=O) groups is 2. The molecular weight excluding hydrogens is 294 g/mol. The number of benzene rings is 2. The van der Waals surface area contributed by atoms with Gasteiger partial charge < -0.3 is 10.1 Å². The zero-order chi connectivity index (χ0) is 16.7. The molecule has 6 nitrogen and oxygen atoms in total. The molecule has 0 bridgehead atoms. The summed E-state index contributed by atoms with van der Waals surface area (Å²) in [5.41, 5.74) is 4.14. The molecule has 0 aliphatic heterocycles. The maximum Gasteiger partial charge on any atom is 0.271 e. The number of hydrogen-bond donors (Lipinski definition) is 2. The van der Waals surface area contributed by atoms with Crippen LogP contribution in [-0.2, 0) is 4.79 Å². The van der Waals surface area contributed by atoms with E-state index >= 15 is 0 Å². The van der Waals surface area contributed by atoms with Crippen LogP contribution in [-0.4, -0.2) is 25.1 Å². The molecule has 2 aromatic rings. The molecule has 0 spiro atoms. The number of nitrogens with one attached hydrogen (secondary N) is 2. The van der Waals surface area contributed by atoms with Crippen LogP contribution in [0.2, 0.25) is 0 Å². The van der Waals surface area contributed by atoms with Crippen LogP contribution in [0.1, 0.15) is 22.8 Å². The van der Waals surface area contributed by atoms with Gasteiger partial charge in [-0.15, -0.1) is 0 Å². The van der Waals surface area contributed by atoms with E-state index in [1.807, 2.05) is 18.2 Å². The van der Waals surface area contributed by atoms with Crippen LogP contribution < -0.4 is 15.5 Å². The van der Waals surface area contributed by atoms with E-state index in [0.29, 0.717) is 17.0 Å². The molecule has 23 heavy (non-hydrogen) atoms. The molecule has 0 heterocycles. The fourth-order valence-electron chi connectivity index (χ4n) is 1.94. The zero-order valence-electron chi connectivity index (χ0n) is 12.9. The van der Waals surface area contributed by atoms with Crippen LogP contribution >= 0.6 is 0 Å². The smallest absolute Gasteiger partial charge is 0.271 e. The van der Waals surface area contributed by atoms with Gasteiger partial charge in [-0.25, -0.2) is 5.43 Å².